The second-order valence-electron chi connectivity index (χ2n) is 6.12. The second-order valence-corrected chi connectivity index (χ2v) is 7.68. The molecule has 3 rings (SSSR count). The molecule has 1 aliphatic rings. The Morgan fingerprint density at radius 1 is 1.20 bits per heavy atom. The molecule has 0 bridgehead atoms. The van der Waals surface area contributed by atoms with Crippen molar-refractivity contribution >= 4 is 15.9 Å². The van der Waals surface area contributed by atoms with E-state index in [-0.39, 0.29) is 10.8 Å². The Hall–Kier alpha value is -2.30. The number of pyridine rings is 1. The van der Waals surface area contributed by atoms with Crippen LogP contribution >= 0.6 is 0 Å². The molecule has 0 unspecified atom stereocenters. The first kappa shape index (κ1) is 17.5. The predicted octanol–water partition coefficient (Wildman–Crippen LogP) is -0.389. The lowest BCUT2D eigenvalue weighted by molar-refractivity contribution is 0.0663. The average molecular weight is 364 g/mol. The Balaban J connectivity index is 1.83. The number of amides is 1. The van der Waals surface area contributed by atoms with Crippen LogP contribution in [0.25, 0.3) is 5.82 Å². The second kappa shape index (κ2) is 6.54. The molecule has 0 spiro atoms. The van der Waals surface area contributed by atoms with Crippen LogP contribution in [0.4, 0.5) is 0 Å². The van der Waals surface area contributed by atoms with E-state index < -0.39 is 10.0 Å². The number of rotatable bonds is 3. The maximum Gasteiger partial charge on any atom is 0.255 e. The Labute approximate surface area is 146 Å². The molecule has 0 aliphatic carbocycles. The lowest BCUT2D eigenvalue weighted by Crippen LogP contribution is -2.47. The molecule has 1 amide bonds. The summed E-state index contributed by atoms with van der Waals surface area (Å²) in [5.41, 5.74) is 1.29. The van der Waals surface area contributed by atoms with Crippen molar-refractivity contribution in [3.05, 3.63) is 35.8 Å². The third kappa shape index (κ3) is 3.70. The van der Waals surface area contributed by atoms with Gasteiger partial charge >= 0.3 is 0 Å². The van der Waals surface area contributed by atoms with E-state index in [0.29, 0.717) is 24.5 Å². The van der Waals surface area contributed by atoms with E-state index in [9.17, 15) is 13.2 Å². The van der Waals surface area contributed by atoms with Gasteiger partial charge in [-0.1, -0.05) is 0 Å². The van der Waals surface area contributed by atoms with Crippen molar-refractivity contribution in [3.63, 3.8) is 0 Å². The van der Waals surface area contributed by atoms with Crippen LogP contribution in [0.15, 0.2) is 29.6 Å². The molecule has 0 atom stereocenters. The summed E-state index contributed by atoms with van der Waals surface area (Å²) in [6, 6.07) is 1.70. The highest BCUT2D eigenvalue weighted by Gasteiger charge is 2.22. The number of carbonyl (C=O) groups is 1. The molecule has 1 saturated heterocycles. The highest BCUT2D eigenvalue weighted by Crippen LogP contribution is 2.16. The van der Waals surface area contributed by atoms with E-state index in [1.165, 1.54) is 17.1 Å². The van der Waals surface area contributed by atoms with Gasteiger partial charge in [0.15, 0.2) is 5.82 Å². The normalized spacial score (nSPS) is 16.2. The molecule has 3 heterocycles. The summed E-state index contributed by atoms with van der Waals surface area (Å²) in [5.74, 6) is 0.373. The monoisotopic (exact) mass is 364 g/mol. The number of likely N-dealkylation sites (N-methyl/N-ethyl adjacent to an activating group) is 1. The summed E-state index contributed by atoms with van der Waals surface area (Å²) in [6.45, 7) is 4.89. The molecular weight excluding hydrogens is 344 g/mol. The number of nitrogens with two attached hydrogens (primary N) is 1. The summed E-state index contributed by atoms with van der Waals surface area (Å²) >= 11 is 0. The molecular formula is C15H20N6O3S. The Kier molecular flexibility index (Phi) is 4.58. The van der Waals surface area contributed by atoms with Crippen molar-refractivity contribution in [3.8, 4) is 5.82 Å². The smallest absolute Gasteiger partial charge is 0.255 e. The molecule has 2 N–H and O–H groups in total. The van der Waals surface area contributed by atoms with Crippen LogP contribution in [0.1, 0.15) is 15.9 Å². The summed E-state index contributed by atoms with van der Waals surface area (Å²) < 4.78 is 24.0. The first-order chi connectivity index (χ1) is 11.8. The van der Waals surface area contributed by atoms with Crippen molar-refractivity contribution in [1.82, 2.24) is 24.6 Å². The van der Waals surface area contributed by atoms with Gasteiger partial charge < -0.3 is 9.80 Å². The quantitative estimate of drug-likeness (QED) is 0.793. The van der Waals surface area contributed by atoms with Crippen LogP contribution < -0.4 is 5.14 Å². The molecule has 134 valence electrons. The number of hydrogen-bond acceptors (Lipinski definition) is 6. The van der Waals surface area contributed by atoms with Gasteiger partial charge in [0.1, 0.15) is 4.90 Å². The van der Waals surface area contributed by atoms with Gasteiger partial charge in [0, 0.05) is 32.4 Å². The molecule has 0 saturated carbocycles. The number of nitrogens with zero attached hydrogens (tertiary/aromatic N) is 5. The van der Waals surface area contributed by atoms with Crippen LogP contribution in [0.3, 0.4) is 0 Å². The van der Waals surface area contributed by atoms with Crippen LogP contribution in [0.5, 0.6) is 0 Å². The zero-order chi connectivity index (χ0) is 18.2. The largest absolute Gasteiger partial charge is 0.336 e. The molecule has 2 aromatic heterocycles. The molecule has 10 heteroatoms. The van der Waals surface area contributed by atoms with E-state index in [1.54, 1.807) is 6.07 Å². The zero-order valence-electron chi connectivity index (χ0n) is 14.1. The minimum Gasteiger partial charge on any atom is -0.336 e. The van der Waals surface area contributed by atoms with Crippen LogP contribution in [-0.2, 0) is 10.0 Å². The first-order valence-electron chi connectivity index (χ1n) is 7.78. The van der Waals surface area contributed by atoms with Gasteiger partial charge in [0.25, 0.3) is 5.91 Å². The fourth-order valence-electron chi connectivity index (χ4n) is 2.65. The van der Waals surface area contributed by atoms with Gasteiger partial charge in [-0.25, -0.2) is 23.2 Å². The first-order valence-corrected chi connectivity index (χ1v) is 9.32. The van der Waals surface area contributed by atoms with Gasteiger partial charge in [0.2, 0.25) is 10.0 Å². The third-order valence-electron chi connectivity index (χ3n) is 4.24. The number of carbonyl (C=O) groups excluding carboxylic acids is 1. The zero-order valence-corrected chi connectivity index (χ0v) is 14.9. The standard InChI is InChI=1S/C15H20N6O3S/c1-11-7-14(21-10-12(8-18-21)25(16,23)24)17-9-13(11)15(22)20-5-3-19(2)4-6-20/h7-10H,3-6H2,1-2H3,(H2,16,23,24). The van der Waals surface area contributed by atoms with Gasteiger partial charge in [-0.15, -0.1) is 0 Å². The van der Waals surface area contributed by atoms with Gasteiger partial charge in [-0.2, -0.15) is 5.10 Å². The number of sulfonamides is 1. The Bertz CT molecular complexity index is 900. The van der Waals surface area contributed by atoms with Crippen molar-refractivity contribution in [2.24, 2.45) is 5.14 Å². The molecule has 2 aromatic rings. The van der Waals surface area contributed by atoms with Crippen LogP contribution in [-0.4, -0.2) is 72.1 Å². The minimum absolute atomic E-state index is 0.0460. The lowest BCUT2D eigenvalue weighted by atomic mass is 10.1. The molecule has 0 aromatic carbocycles. The van der Waals surface area contributed by atoms with E-state index in [4.69, 9.17) is 5.14 Å². The number of piperazine rings is 1. The van der Waals surface area contributed by atoms with Gasteiger partial charge in [0.05, 0.1) is 18.0 Å². The summed E-state index contributed by atoms with van der Waals surface area (Å²) in [6.07, 6.45) is 3.96. The minimum atomic E-state index is -3.82. The Morgan fingerprint density at radius 3 is 2.44 bits per heavy atom. The van der Waals surface area contributed by atoms with E-state index in [0.717, 1.165) is 24.8 Å². The fourth-order valence-corrected chi connectivity index (χ4v) is 3.09. The van der Waals surface area contributed by atoms with Crippen molar-refractivity contribution in [2.75, 3.05) is 33.2 Å². The number of hydrogen-bond donors (Lipinski definition) is 1. The lowest BCUT2D eigenvalue weighted by Gasteiger charge is -2.32. The highest BCUT2D eigenvalue weighted by molar-refractivity contribution is 7.89. The maximum atomic E-state index is 12.7. The number of aryl methyl sites for hydroxylation is 1. The summed E-state index contributed by atoms with van der Waals surface area (Å²) in [4.78, 5) is 20.8. The van der Waals surface area contributed by atoms with Gasteiger partial charge in [-0.3, -0.25) is 4.79 Å². The highest BCUT2D eigenvalue weighted by atomic mass is 32.2. The Morgan fingerprint density at radius 2 is 1.88 bits per heavy atom. The van der Waals surface area contributed by atoms with Crippen LogP contribution in [0, 0.1) is 6.92 Å². The van der Waals surface area contributed by atoms with Crippen molar-refractivity contribution < 1.29 is 13.2 Å². The van der Waals surface area contributed by atoms with Crippen molar-refractivity contribution in [1.29, 1.82) is 0 Å². The van der Waals surface area contributed by atoms with E-state index >= 15 is 0 Å². The molecule has 25 heavy (non-hydrogen) atoms. The van der Waals surface area contributed by atoms with Crippen molar-refractivity contribution in [2.45, 2.75) is 11.8 Å². The van der Waals surface area contributed by atoms with E-state index in [2.05, 4.69) is 15.0 Å². The fraction of sp³-hybridized carbons (Fsp3) is 0.400. The summed E-state index contributed by atoms with van der Waals surface area (Å²) in [7, 11) is -1.79. The predicted molar refractivity (Wildman–Crippen MR) is 90.9 cm³/mol. The maximum absolute atomic E-state index is 12.7. The average Bonchev–Trinajstić information content (AvgIpc) is 3.05. The molecule has 9 nitrogen and oxygen atoms in total. The summed E-state index contributed by atoms with van der Waals surface area (Å²) in [5, 5.41) is 9.04. The topological polar surface area (TPSA) is 114 Å². The molecule has 0 radical (unpaired) electrons. The number of primary sulfonamides is 1. The van der Waals surface area contributed by atoms with Crippen LogP contribution in [0.2, 0.25) is 0 Å². The van der Waals surface area contributed by atoms with Gasteiger partial charge in [-0.05, 0) is 25.6 Å². The van der Waals surface area contributed by atoms with E-state index in [1.807, 2.05) is 18.9 Å². The SMILES string of the molecule is Cc1cc(-n2cc(S(N)(=O)=O)cn2)ncc1C(=O)N1CCN(C)CC1. The molecule has 1 aliphatic heterocycles. The molecule has 1 fully saturated rings. The third-order valence-corrected chi connectivity index (χ3v) is 5.11. The number of aromatic nitrogens is 3.